The fourth-order valence-corrected chi connectivity index (χ4v) is 1.74. The van der Waals surface area contributed by atoms with Crippen molar-refractivity contribution < 1.29 is 17.9 Å². The van der Waals surface area contributed by atoms with E-state index < -0.39 is 11.7 Å². The molecule has 1 aromatic heterocycles. The molecule has 0 saturated carbocycles. The quantitative estimate of drug-likeness (QED) is 0.855. The van der Waals surface area contributed by atoms with Crippen molar-refractivity contribution in [1.29, 1.82) is 0 Å². The second-order valence-corrected chi connectivity index (χ2v) is 4.38. The van der Waals surface area contributed by atoms with Gasteiger partial charge in [0.2, 0.25) is 0 Å². The number of nitrogens with zero attached hydrogens (tertiary/aromatic N) is 2. The number of para-hydroxylation sites is 1. The summed E-state index contributed by atoms with van der Waals surface area (Å²) >= 11 is 5.65. The Hall–Kier alpha value is -2.02. The summed E-state index contributed by atoms with van der Waals surface area (Å²) in [6.07, 6.45) is -1.61. The summed E-state index contributed by atoms with van der Waals surface area (Å²) in [7, 11) is 0. The van der Waals surface area contributed by atoms with E-state index >= 15 is 0 Å². The highest BCUT2D eigenvalue weighted by Gasteiger charge is 2.33. The number of rotatable bonds is 5. The number of hydrogen-bond acceptors (Lipinski definition) is 4. The van der Waals surface area contributed by atoms with Gasteiger partial charge in [0, 0.05) is 0 Å². The summed E-state index contributed by atoms with van der Waals surface area (Å²) in [5.41, 5.74) is -0.799. The second-order valence-electron chi connectivity index (χ2n) is 4.00. The SMILES string of the molecule is FC(F)(F)c1ccccc1OCCNc1cncc(Cl)n1. The van der Waals surface area contributed by atoms with Crippen LogP contribution in [-0.2, 0) is 6.18 Å². The average Bonchev–Trinajstić information content (AvgIpc) is 2.43. The van der Waals surface area contributed by atoms with Gasteiger partial charge in [-0.3, -0.25) is 4.98 Å². The molecule has 1 heterocycles. The molecule has 0 unspecified atom stereocenters. The lowest BCUT2D eigenvalue weighted by atomic mass is 10.2. The van der Waals surface area contributed by atoms with E-state index in [1.807, 2.05) is 0 Å². The molecular formula is C13H11ClF3N3O. The van der Waals surface area contributed by atoms with E-state index in [0.717, 1.165) is 6.07 Å². The molecule has 0 fully saturated rings. The van der Waals surface area contributed by atoms with E-state index in [2.05, 4.69) is 15.3 Å². The number of benzene rings is 1. The fraction of sp³-hybridized carbons (Fsp3) is 0.231. The Morgan fingerprint density at radius 2 is 1.95 bits per heavy atom. The van der Waals surface area contributed by atoms with Crippen molar-refractivity contribution in [3.63, 3.8) is 0 Å². The molecule has 0 atom stereocenters. The number of hydrogen-bond donors (Lipinski definition) is 1. The average molecular weight is 318 g/mol. The van der Waals surface area contributed by atoms with Crippen LogP contribution in [-0.4, -0.2) is 23.1 Å². The molecule has 0 spiro atoms. The van der Waals surface area contributed by atoms with Crippen molar-refractivity contribution in [3.05, 3.63) is 47.4 Å². The van der Waals surface area contributed by atoms with Crippen molar-refractivity contribution in [2.24, 2.45) is 0 Å². The molecule has 2 rings (SSSR count). The first-order chi connectivity index (χ1) is 9.97. The van der Waals surface area contributed by atoms with Crippen LogP contribution in [0.15, 0.2) is 36.7 Å². The van der Waals surface area contributed by atoms with Crippen LogP contribution in [0.4, 0.5) is 19.0 Å². The normalized spacial score (nSPS) is 11.2. The molecule has 0 aliphatic heterocycles. The van der Waals surface area contributed by atoms with Crippen molar-refractivity contribution in [3.8, 4) is 5.75 Å². The van der Waals surface area contributed by atoms with Crippen LogP contribution >= 0.6 is 11.6 Å². The third kappa shape index (κ3) is 4.49. The van der Waals surface area contributed by atoms with E-state index in [0.29, 0.717) is 5.82 Å². The van der Waals surface area contributed by atoms with E-state index in [1.165, 1.54) is 30.6 Å². The van der Waals surface area contributed by atoms with Gasteiger partial charge in [0.15, 0.2) is 0 Å². The molecule has 112 valence electrons. The third-order valence-corrected chi connectivity index (χ3v) is 2.65. The van der Waals surface area contributed by atoms with E-state index in [4.69, 9.17) is 16.3 Å². The molecule has 1 N–H and O–H groups in total. The number of ether oxygens (including phenoxy) is 1. The predicted octanol–water partition coefficient (Wildman–Crippen LogP) is 3.64. The van der Waals surface area contributed by atoms with Crippen molar-refractivity contribution >= 4 is 17.4 Å². The summed E-state index contributed by atoms with van der Waals surface area (Å²) in [6.45, 7) is 0.308. The zero-order valence-corrected chi connectivity index (χ0v) is 11.4. The molecular weight excluding hydrogens is 307 g/mol. The molecule has 0 radical (unpaired) electrons. The molecule has 1 aromatic carbocycles. The smallest absolute Gasteiger partial charge is 0.419 e. The van der Waals surface area contributed by atoms with Gasteiger partial charge in [-0.25, -0.2) is 4.98 Å². The monoisotopic (exact) mass is 317 g/mol. The maximum absolute atomic E-state index is 12.7. The minimum Gasteiger partial charge on any atom is -0.491 e. The van der Waals surface area contributed by atoms with Crippen molar-refractivity contribution in [2.75, 3.05) is 18.5 Å². The van der Waals surface area contributed by atoms with E-state index in [9.17, 15) is 13.2 Å². The van der Waals surface area contributed by atoms with Crippen molar-refractivity contribution in [1.82, 2.24) is 9.97 Å². The molecule has 0 amide bonds. The van der Waals surface area contributed by atoms with Gasteiger partial charge in [0.1, 0.15) is 23.3 Å². The highest BCUT2D eigenvalue weighted by atomic mass is 35.5. The molecule has 0 aliphatic rings. The topological polar surface area (TPSA) is 47.0 Å². The molecule has 4 nitrogen and oxygen atoms in total. The highest BCUT2D eigenvalue weighted by molar-refractivity contribution is 6.29. The van der Waals surface area contributed by atoms with Gasteiger partial charge < -0.3 is 10.1 Å². The highest BCUT2D eigenvalue weighted by Crippen LogP contribution is 2.35. The van der Waals surface area contributed by atoms with Gasteiger partial charge in [-0.05, 0) is 12.1 Å². The number of anilines is 1. The lowest BCUT2D eigenvalue weighted by molar-refractivity contribution is -0.138. The molecule has 0 saturated heterocycles. The Morgan fingerprint density at radius 1 is 1.19 bits per heavy atom. The Labute approximate surface area is 123 Å². The first kappa shape index (κ1) is 15.4. The maximum atomic E-state index is 12.7. The maximum Gasteiger partial charge on any atom is 0.419 e. The Balaban J connectivity index is 1.90. The summed E-state index contributed by atoms with van der Waals surface area (Å²) in [5, 5.41) is 3.07. The summed E-state index contributed by atoms with van der Waals surface area (Å²) in [5.74, 6) is 0.221. The van der Waals surface area contributed by atoms with Gasteiger partial charge in [0.05, 0.1) is 24.5 Å². The molecule has 8 heteroatoms. The zero-order chi connectivity index (χ0) is 15.3. The van der Waals surface area contributed by atoms with Crippen LogP contribution < -0.4 is 10.1 Å². The minimum absolute atomic E-state index is 0.0429. The number of alkyl halides is 3. The summed E-state index contributed by atoms with van der Waals surface area (Å²) in [4.78, 5) is 7.75. The van der Waals surface area contributed by atoms with Gasteiger partial charge in [-0.1, -0.05) is 23.7 Å². The molecule has 21 heavy (non-hydrogen) atoms. The van der Waals surface area contributed by atoms with Crippen LogP contribution in [0.25, 0.3) is 0 Å². The van der Waals surface area contributed by atoms with Crippen LogP contribution in [0, 0.1) is 0 Å². The van der Waals surface area contributed by atoms with E-state index in [1.54, 1.807) is 0 Å². The van der Waals surface area contributed by atoms with Gasteiger partial charge in [-0.2, -0.15) is 13.2 Å². The first-order valence-electron chi connectivity index (χ1n) is 5.97. The van der Waals surface area contributed by atoms with Crippen LogP contribution in [0.5, 0.6) is 5.75 Å². The van der Waals surface area contributed by atoms with E-state index in [-0.39, 0.29) is 24.1 Å². The number of halogens is 4. The molecule has 0 bridgehead atoms. The second kappa shape index (κ2) is 6.62. The standard InChI is InChI=1S/C13H11ClF3N3O/c14-11-7-18-8-12(20-11)19-5-6-21-10-4-2-1-3-9(10)13(15,16)17/h1-4,7-8H,5-6H2,(H,19,20). The lowest BCUT2D eigenvalue weighted by Crippen LogP contribution is -2.15. The lowest BCUT2D eigenvalue weighted by Gasteiger charge is -2.14. The van der Waals surface area contributed by atoms with Gasteiger partial charge in [-0.15, -0.1) is 0 Å². The summed E-state index contributed by atoms with van der Waals surface area (Å²) in [6, 6.07) is 5.06. The number of aromatic nitrogens is 2. The summed E-state index contributed by atoms with van der Waals surface area (Å²) < 4.78 is 43.4. The van der Waals surface area contributed by atoms with Crippen LogP contribution in [0.1, 0.15) is 5.56 Å². The molecule has 0 aliphatic carbocycles. The zero-order valence-electron chi connectivity index (χ0n) is 10.7. The fourth-order valence-electron chi connectivity index (χ4n) is 1.59. The Bertz CT molecular complexity index is 607. The minimum atomic E-state index is -4.44. The first-order valence-corrected chi connectivity index (χ1v) is 6.35. The third-order valence-electron chi connectivity index (χ3n) is 2.46. The van der Waals surface area contributed by atoms with Gasteiger partial charge >= 0.3 is 6.18 Å². The molecule has 2 aromatic rings. The van der Waals surface area contributed by atoms with Crippen LogP contribution in [0.3, 0.4) is 0 Å². The Morgan fingerprint density at radius 3 is 2.67 bits per heavy atom. The van der Waals surface area contributed by atoms with Crippen molar-refractivity contribution in [2.45, 2.75) is 6.18 Å². The van der Waals surface area contributed by atoms with Crippen LogP contribution in [0.2, 0.25) is 5.15 Å². The van der Waals surface area contributed by atoms with Gasteiger partial charge in [0.25, 0.3) is 0 Å². The predicted molar refractivity (Wildman–Crippen MR) is 72.5 cm³/mol. The Kier molecular flexibility index (Phi) is 4.85. The number of nitrogens with one attached hydrogen (secondary N) is 1. The largest absolute Gasteiger partial charge is 0.491 e.